The van der Waals surface area contributed by atoms with Crippen LogP contribution in [0.4, 0.5) is 5.95 Å². The van der Waals surface area contributed by atoms with Gasteiger partial charge in [0.25, 0.3) is 0 Å². The van der Waals surface area contributed by atoms with E-state index in [-0.39, 0.29) is 0 Å². The standard InChI is InChI=1S/C11H18N6/c1-3-5-12-11-13-6-8-17(11)7-4-10-14-9-16(2)15-10/h6,8-9H,3-5,7H2,1-2H3,(H,12,13). The SMILES string of the molecule is CCCNc1nccn1CCc1ncn(C)n1. The first-order chi connectivity index (χ1) is 8.29. The molecule has 0 aliphatic rings. The molecule has 1 N–H and O–H groups in total. The summed E-state index contributed by atoms with van der Waals surface area (Å²) in [5.74, 6) is 1.78. The van der Waals surface area contributed by atoms with E-state index in [1.807, 2.05) is 19.4 Å². The molecule has 0 radical (unpaired) electrons. The Kier molecular flexibility index (Phi) is 3.74. The van der Waals surface area contributed by atoms with Gasteiger partial charge in [0, 0.05) is 39.0 Å². The van der Waals surface area contributed by atoms with Crippen LogP contribution < -0.4 is 5.32 Å². The number of hydrogen-bond donors (Lipinski definition) is 1. The molecule has 0 spiro atoms. The first-order valence-corrected chi connectivity index (χ1v) is 5.89. The van der Waals surface area contributed by atoms with Crippen LogP contribution in [0.3, 0.4) is 0 Å². The highest BCUT2D eigenvalue weighted by atomic mass is 15.3. The van der Waals surface area contributed by atoms with Crippen molar-refractivity contribution in [2.24, 2.45) is 7.05 Å². The van der Waals surface area contributed by atoms with E-state index in [0.29, 0.717) is 0 Å². The Morgan fingerprint density at radius 3 is 2.94 bits per heavy atom. The number of rotatable bonds is 6. The predicted octanol–water partition coefficient (Wildman–Crippen LogP) is 1.08. The Hall–Kier alpha value is -1.85. The average molecular weight is 234 g/mol. The van der Waals surface area contributed by atoms with Crippen LogP contribution in [-0.2, 0) is 20.0 Å². The van der Waals surface area contributed by atoms with Crippen molar-refractivity contribution < 1.29 is 0 Å². The molecule has 2 aromatic rings. The summed E-state index contributed by atoms with van der Waals surface area (Å²) in [6.07, 6.45) is 7.41. The largest absolute Gasteiger partial charge is 0.356 e. The van der Waals surface area contributed by atoms with Gasteiger partial charge in [-0.25, -0.2) is 9.97 Å². The van der Waals surface area contributed by atoms with Crippen molar-refractivity contribution in [2.75, 3.05) is 11.9 Å². The van der Waals surface area contributed by atoms with Gasteiger partial charge in [-0.15, -0.1) is 0 Å². The summed E-state index contributed by atoms with van der Waals surface area (Å²) in [5.41, 5.74) is 0. The van der Waals surface area contributed by atoms with Crippen LogP contribution in [0, 0.1) is 0 Å². The number of aryl methyl sites for hydroxylation is 3. The molecule has 0 saturated heterocycles. The summed E-state index contributed by atoms with van der Waals surface area (Å²) in [5, 5.41) is 7.54. The number of anilines is 1. The van der Waals surface area contributed by atoms with E-state index in [0.717, 1.165) is 37.7 Å². The Morgan fingerprint density at radius 1 is 1.35 bits per heavy atom. The summed E-state index contributed by atoms with van der Waals surface area (Å²) >= 11 is 0. The molecule has 6 nitrogen and oxygen atoms in total. The van der Waals surface area contributed by atoms with Gasteiger partial charge in [0.15, 0.2) is 5.82 Å². The van der Waals surface area contributed by atoms with E-state index < -0.39 is 0 Å². The van der Waals surface area contributed by atoms with Crippen molar-refractivity contribution in [3.8, 4) is 0 Å². The average Bonchev–Trinajstić information content (AvgIpc) is 2.92. The monoisotopic (exact) mass is 234 g/mol. The molecule has 0 aliphatic carbocycles. The maximum atomic E-state index is 4.28. The molecular formula is C11H18N6. The molecule has 6 heteroatoms. The van der Waals surface area contributed by atoms with E-state index >= 15 is 0 Å². The zero-order valence-corrected chi connectivity index (χ0v) is 10.3. The third kappa shape index (κ3) is 3.05. The number of imidazole rings is 1. The van der Waals surface area contributed by atoms with Crippen LogP contribution in [-0.4, -0.2) is 30.9 Å². The number of aromatic nitrogens is 5. The molecule has 0 amide bonds. The van der Waals surface area contributed by atoms with Gasteiger partial charge in [-0.05, 0) is 6.42 Å². The van der Waals surface area contributed by atoms with Gasteiger partial charge in [0.1, 0.15) is 6.33 Å². The highest BCUT2D eigenvalue weighted by Crippen LogP contribution is 2.05. The molecule has 2 rings (SSSR count). The van der Waals surface area contributed by atoms with Crippen LogP contribution in [0.15, 0.2) is 18.7 Å². The summed E-state index contributed by atoms with van der Waals surface area (Å²) in [6, 6.07) is 0. The van der Waals surface area contributed by atoms with Crippen LogP contribution in [0.1, 0.15) is 19.2 Å². The molecule has 0 bridgehead atoms. The normalized spacial score (nSPS) is 10.7. The number of hydrogen-bond acceptors (Lipinski definition) is 4. The smallest absolute Gasteiger partial charge is 0.202 e. The fourth-order valence-electron chi connectivity index (χ4n) is 1.61. The predicted molar refractivity (Wildman–Crippen MR) is 65.7 cm³/mol. The molecule has 0 saturated carbocycles. The van der Waals surface area contributed by atoms with Gasteiger partial charge in [-0.1, -0.05) is 6.92 Å². The van der Waals surface area contributed by atoms with Gasteiger partial charge in [-0.3, -0.25) is 4.68 Å². The third-order valence-electron chi connectivity index (χ3n) is 2.47. The van der Waals surface area contributed by atoms with Gasteiger partial charge in [-0.2, -0.15) is 5.10 Å². The Balaban J connectivity index is 1.92. The lowest BCUT2D eigenvalue weighted by Crippen LogP contribution is -2.09. The second kappa shape index (κ2) is 5.47. The zero-order valence-electron chi connectivity index (χ0n) is 10.3. The van der Waals surface area contributed by atoms with Crippen molar-refractivity contribution in [2.45, 2.75) is 26.3 Å². The van der Waals surface area contributed by atoms with Crippen molar-refractivity contribution in [3.63, 3.8) is 0 Å². The maximum Gasteiger partial charge on any atom is 0.202 e. The van der Waals surface area contributed by atoms with E-state index in [4.69, 9.17) is 0 Å². The molecule has 0 unspecified atom stereocenters. The van der Waals surface area contributed by atoms with Gasteiger partial charge < -0.3 is 9.88 Å². The van der Waals surface area contributed by atoms with Crippen LogP contribution in [0.25, 0.3) is 0 Å². The minimum Gasteiger partial charge on any atom is -0.356 e. The lowest BCUT2D eigenvalue weighted by molar-refractivity contribution is 0.661. The fourth-order valence-corrected chi connectivity index (χ4v) is 1.61. The van der Waals surface area contributed by atoms with E-state index in [1.54, 1.807) is 11.0 Å². The Bertz CT molecular complexity index is 458. The highest BCUT2D eigenvalue weighted by Gasteiger charge is 2.03. The Morgan fingerprint density at radius 2 is 2.24 bits per heavy atom. The van der Waals surface area contributed by atoms with Crippen LogP contribution in [0.2, 0.25) is 0 Å². The number of nitrogens with one attached hydrogen (secondary N) is 1. The van der Waals surface area contributed by atoms with Gasteiger partial charge in [0.2, 0.25) is 5.95 Å². The molecule has 2 aromatic heterocycles. The van der Waals surface area contributed by atoms with Crippen LogP contribution >= 0.6 is 0 Å². The molecule has 0 aliphatic heterocycles. The summed E-state index contributed by atoms with van der Waals surface area (Å²) in [7, 11) is 1.88. The summed E-state index contributed by atoms with van der Waals surface area (Å²) in [4.78, 5) is 8.48. The van der Waals surface area contributed by atoms with Gasteiger partial charge >= 0.3 is 0 Å². The molecule has 0 aromatic carbocycles. The van der Waals surface area contributed by atoms with Crippen molar-refractivity contribution in [1.29, 1.82) is 0 Å². The van der Waals surface area contributed by atoms with E-state index in [1.165, 1.54) is 0 Å². The quantitative estimate of drug-likeness (QED) is 0.812. The lowest BCUT2D eigenvalue weighted by atomic mass is 10.4. The molecule has 92 valence electrons. The second-order valence-electron chi connectivity index (χ2n) is 3.96. The summed E-state index contributed by atoms with van der Waals surface area (Å²) in [6.45, 7) is 3.92. The van der Waals surface area contributed by atoms with Crippen LogP contribution in [0.5, 0.6) is 0 Å². The molecule has 0 atom stereocenters. The molecule has 0 fully saturated rings. The lowest BCUT2D eigenvalue weighted by Gasteiger charge is -2.07. The van der Waals surface area contributed by atoms with Crippen molar-refractivity contribution in [3.05, 3.63) is 24.5 Å². The van der Waals surface area contributed by atoms with Gasteiger partial charge in [0.05, 0.1) is 0 Å². The Labute approximate surface area is 101 Å². The maximum absolute atomic E-state index is 4.28. The highest BCUT2D eigenvalue weighted by molar-refractivity contribution is 5.25. The van der Waals surface area contributed by atoms with E-state index in [2.05, 4.69) is 31.9 Å². The number of nitrogens with zero attached hydrogens (tertiary/aromatic N) is 5. The topological polar surface area (TPSA) is 60.6 Å². The zero-order chi connectivity index (χ0) is 12.1. The fraction of sp³-hybridized carbons (Fsp3) is 0.545. The first kappa shape index (κ1) is 11.6. The third-order valence-corrected chi connectivity index (χ3v) is 2.47. The molecular weight excluding hydrogens is 216 g/mol. The minimum atomic E-state index is 0.817. The van der Waals surface area contributed by atoms with Crippen molar-refractivity contribution >= 4 is 5.95 Å². The molecule has 2 heterocycles. The van der Waals surface area contributed by atoms with E-state index in [9.17, 15) is 0 Å². The minimum absolute atomic E-state index is 0.817. The molecule has 17 heavy (non-hydrogen) atoms. The second-order valence-corrected chi connectivity index (χ2v) is 3.96. The van der Waals surface area contributed by atoms with Crippen molar-refractivity contribution in [1.82, 2.24) is 24.3 Å². The summed E-state index contributed by atoms with van der Waals surface area (Å²) < 4.78 is 3.81. The first-order valence-electron chi connectivity index (χ1n) is 5.89.